The second-order valence-electron chi connectivity index (χ2n) is 12.7. The highest BCUT2D eigenvalue weighted by atomic mass is 16.5. The number of imidazole rings is 1. The normalized spacial score (nSPS) is 17.5. The molecule has 5 aromatic rings. The number of aromatic nitrogens is 6. The first kappa shape index (κ1) is 31.0. The van der Waals surface area contributed by atoms with Crippen LogP contribution in [0.15, 0.2) is 85.0 Å². The molecule has 1 fully saturated rings. The molecular formula is C38H44N8O. The lowest BCUT2D eigenvalue weighted by Gasteiger charge is -2.24. The smallest absolute Gasteiger partial charge is 0.180 e. The van der Waals surface area contributed by atoms with Crippen molar-refractivity contribution in [1.82, 2.24) is 40.4 Å². The summed E-state index contributed by atoms with van der Waals surface area (Å²) in [6.45, 7) is 7.89. The molecule has 7 rings (SSSR count). The molecule has 1 aliphatic heterocycles. The molecule has 0 bridgehead atoms. The maximum atomic E-state index is 6.53. The number of rotatable bonds is 14. The maximum Gasteiger partial charge on any atom is 0.180 e. The molecule has 0 saturated carbocycles. The summed E-state index contributed by atoms with van der Waals surface area (Å²) < 4.78 is 8.92. The monoisotopic (exact) mass is 628 g/mol. The molecule has 3 aromatic carbocycles. The van der Waals surface area contributed by atoms with Gasteiger partial charge in [0.25, 0.3) is 0 Å². The van der Waals surface area contributed by atoms with Crippen LogP contribution < -0.4 is 10.1 Å². The number of ether oxygens (including phenoxy) is 1. The summed E-state index contributed by atoms with van der Waals surface area (Å²) in [7, 11) is 0. The van der Waals surface area contributed by atoms with E-state index in [-0.39, 0.29) is 0 Å². The minimum absolute atomic E-state index is 0.455. The molecule has 2 aliphatic rings. The molecule has 2 atom stereocenters. The topological polar surface area (TPSA) is 96.8 Å². The highest BCUT2D eigenvalue weighted by Crippen LogP contribution is 2.33. The molecule has 9 heteroatoms. The second-order valence-corrected chi connectivity index (χ2v) is 12.7. The minimum atomic E-state index is 0.455. The summed E-state index contributed by atoms with van der Waals surface area (Å²) in [5.74, 6) is 2.71. The summed E-state index contributed by atoms with van der Waals surface area (Å²) >= 11 is 0. The molecule has 3 heterocycles. The predicted octanol–water partition coefficient (Wildman–Crippen LogP) is 6.86. The van der Waals surface area contributed by atoms with Crippen LogP contribution in [0.2, 0.25) is 0 Å². The van der Waals surface area contributed by atoms with E-state index >= 15 is 0 Å². The van der Waals surface area contributed by atoms with Gasteiger partial charge in [0.1, 0.15) is 17.1 Å². The Morgan fingerprint density at radius 3 is 2.60 bits per heavy atom. The number of aromatic amines is 1. The minimum Gasteiger partial charge on any atom is -0.491 e. The van der Waals surface area contributed by atoms with Crippen LogP contribution in [0.3, 0.4) is 0 Å². The van der Waals surface area contributed by atoms with Crippen molar-refractivity contribution in [2.45, 2.75) is 71.0 Å². The average molecular weight is 629 g/mol. The third-order valence-electron chi connectivity index (χ3n) is 9.43. The van der Waals surface area contributed by atoms with Gasteiger partial charge in [0.2, 0.25) is 0 Å². The SMILES string of the molecule is CCCCc1nc2c(C)ccc(OCCCCCN3CNC4C=CC=CC43)c2n1Cc1ccc(-c2ccccc2-c2nnn[nH]2)cc1. The molecule has 2 aromatic heterocycles. The van der Waals surface area contributed by atoms with Gasteiger partial charge in [-0.2, -0.15) is 0 Å². The third kappa shape index (κ3) is 6.77. The Bertz CT molecular complexity index is 1840. The van der Waals surface area contributed by atoms with Crippen LogP contribution in [0, 0.1) is 6.92 Å². The molecule has 2 N–H and O–H groups in total. The number of unbranched alkanes of at least 4 members (excludes halogenated alkanes) is 3. The largest absolute Gasteiger partial charge is 0.491 e. The second kappa shape index (κ2) is 14.4. The Morgan fingerprint density at radius 1 is 0.915 bits per heavy atom. The Labute approximate surface area is 276 Å². The van der Waals surface area contributed by atoms with Crippen molar-refractivity contribution in [2.75, 3.05) is 19.8 Å². The zero-order chi connectivity index (χ0) is 32.0. The van der Waals surface area contributed by atoms with Crippen LogP contribution in [-0.4, -0.2) is 67.0 Å². The van der Waals surface area contributed by atoms with Crippen LogP contribution in [0.1, 0.15) is 56.0 Å². The van der Waals surface area contributed by atoms with Crippen molar-refractivity contribution < 1.29 is 4.74 Å². The van der Waals surface area contributed by atoms with Crippen molar-refractivity contribution in [2.24, 2.45) is 0 Å². The van der Waals surface area contributed by atoms with Crippen molar-refractivity contribution in [3.63, 3.8) is 0 Å². The summed E-state index contributed by atoms with van der Waals surface area (Å²) in [5.41, 5.74) is 7.74. The number of fused-ring (bicyclic) bond motifs is 2. The molecule has 242 valence electrons. The van der Waals surface area contributed by atoms with Gasteiger partial charge in [0.15, 0.2) is 5.82 Å². The Balaban J connectivity index is 1.06. The Morgan fingerprint density at radius 2 is 1.77 bits per heavy atom. The lowest BCUT2D eigenvalue weighted by Crippen LogP contribution is -2.34. The molecule has 0 spiro atoms. The number of hydrogen-bond acceptors (Lipinski definition) is 7. The summed E-state index contributed by atoms with van der Waals surface area (Å²) in [6, 6.07) is 22.2. The van der Waals surface area contributed by atoms with Gasteiger partial charge in [-0.3, -0.25) is 10.2 Å². The molecule has 1 saturated heterocycles. The van der Waals surface area contributed by atoms with Gasteiger partial charge >= 0.3 is 0 Å². The zero-order valence-corrected chi connectivity index (χ0v) is 27.4. The van der Waals surface area contributed by atoms with Crippen molar-refractivity contribution in [1.29, 1.82) is 0 Å². The van der Waals surface area contributed by atoms with Gasteiger partial charge in [0.05, 0.1) is 12.1 Å². The fourth-order valence-electron chi connectivity index (χ4n) is 6.85. The quantitative estimate of drug-likeness (QED) is 0.130. The van der Waals surface area contributed by atoms with E-state index < -0.39 is 0 Å². The number of tetrazole rings is 1. The van der Waals surface area contributed by atoms with Crippen molar-refractivity contribution in [3.05, 3.63) is 102 Å². The van der Waals surface area contributed by atoms with Gasteiger partial charge in [-0.25, -0.2) is 10.1 Å². The van der Waals surface area contributed by atoms with Crippen LogP contribution >= 0.6 is 0 Å². The van der Waals surface area contributed by atoms with E-state index in [0.29, 0.717) is 24.5 Å². The van der Waals surface area contributed by atoms with Gasteiger partial charge in [-0.15, -0.1) is 5.10 Å². The molecule has 9 nitrogen and oxygen atoms in total. The van der Waals surface area contributed by atoms with E-state index in [1.165, 1.54) is 17.5 Å². The molecule has 0 amide bonds. The molecule has 47 heavy (non-hydrogen) atoms. The molecule has 0 radical (unpaired) electrons. The van der Waals surface area contributed by atoms with Gasteiger partial charge in [-0.05, 0) is 71.4 Å². The van der Waals surface area contributed by atoms with Crippen LogP contribution in [0.5, 0.6) is 5.75 Å². The summed E-state index contributed by atoms with van der Waals surface area (Å²) in [6.07, 6.45) is 15.4. The molecular weight excluding hydrogens is 584 g/mol. The van der Waals surface area contributed by atoms with E-state index in [0.717, 1.165) is 91.2 Å². The number of hydrogen-bond donors (Lipinski definition) is 2. The Kier molecular flexibility index (Phi) is 9.53. The summed E-state index contributed by atoms with van der Waals surface area (Å²) in [5, 5.41) is 18.2. The van der Waals surface area contributed by atoms with E-state index in [4.69, 9.17) is 9.72 Å². The average Bonchev–Trinajstić information content (AvgIpc) is 3.87. The molecule has 2 unspecified atom stereocenters. The number of allylic oxidation sites excluding steroid dienone is 2. The number of H-pyrrole nitrogens is 1. The highest BCUT2D eigenvalue weighted by Gasteiger charge is 2.30. The third-order valence-corrected chi connectivity index (χ3v) is 9.43. The van der Waals surface area contributed by atoms with Gasteiger partial charge < -0.3 is 9.30 Å². The first-order chi connectivity index (χ1) is 23.2. The van der Waals surface area contributed by atoms with E-state index in [9.17, 15) is 0 Å². The highest BCUT2D eigenvalue weighted by molar-refractivity contribution is 5.86. The predicted molar refractivity (Wildman–Crippen MR) is 187 cm³/mol. The lowest BCUT2D eigenvalue weighted by molar-refractivity contribution is 0.266. The fraction of sp³-hybridized carbons (Fsp3) is 0.368. The van der Waals surface area contributed by atoms with E-state index in [1.807, 2.05) is 18.2 Å². The number of aryl methyl sites for hydroxylation is 2. The standard InChI is InChI=1S/C38H44N8O/c1-3-4-16-35-40-36-27(2)17-22-34(47-24-11-5-10-23-45-26-39-32-14-8-9-15-33(32)45)37(36)46(35)25-28-18-20-29(21-19-28)30-12-6-7-13-31(30)38-41-43-44-42-38/h6-9,12-15,17-22,32-33,39H,3-5,10-11,16,23-26H2,1-2H3,(H,41,42,43,44). The summed E-state index contributed by atoms with van der Waals surface area (Å²) in [4.78, 5) is 7.73. The molecule has 1 aliphatic carbocycles. The van der Waals surface area contributed by atoms with E-state index in [2.05, 4.69) is 116 Å². The fourth-order valence-corrected chi connectivity index (χ4v) is 6.85. The number of nitrogens with one attached hydrogen (secondary N) is 2. The Hall–Kier alpha value is -4.60. The van der Waals surface area contributed by atoms with Gasteiger partial charge in [-0.1, -0.05) is 92.2 Å². The first-order valence-corrected chi connectivity index (χ1v) is 17.1. The van der Waals surface area contributed by atoms with Crippen molar-refractivity contribution in [3.8, 4) is 28.3 Å². The maximum absolute atomic E-state index is 6.53. The van der Waals surface area contributed by atoms with Crippen LogP contribution in [0.25, 0.3) is 33.5 Å². The zero-order valence-electron chi connectivity index (χ0n) is 27.4. The number of nitrogens with zero attached hydrogens (tertiary/aromatic N) is 6. The number of benzene rings is 3. The van der Waals surface area contributed by atoms with Gasteiger partial charge in [0, 0.05) is 43.8 Å². The van der Waals surface area contributed by atoms with E-state index in [1.54, 1.807) is 0 Å². The van der Waals surface area contributed by atoms with Crippen LogP contribution in [0.4, 0.5) is 0 Å². The first-order valence-electron chi connectivity index (χ1n) is 17.1. The lowest BCUT2D eigenvalue weighted by atomic mass is 9.98. The van der Waals surface area contributed by atoms with Crippen LogP contribution in [-0.2, 0) is 13.0 Å². The van der Waals surface area contributed by atoms with Crippen molar-refractivity contribution >= 4 is 11.0 Å².